The molecule has 4 heteroatoms. The summed E-state index contributed by atoms with van der Waals surface area (Å²) in [6, 6.07) is 11.1. The van der Waals surface area contributed by atoms with Crippen molar-refractivity contribution in [2.45, 2.75) is 19.4 Å². The normalized spacial score (nSPS) is 11.9. The van der Waals surface area contributed by atoms with E-state index in [4.69, 9.17) is 4.42 Å². The van der Waals surface area contributed by atoms with E-state index in [0.717, 1.165) is 17.9 Å². The van der Waals surface area contributed by atoms with Crippen molar-refractivity contribution in [3.8, 4) is 0 Å². The third kappa shape index (κ3) is 3.16. The fourth-order valence-electron chi connectivity index (χ4n) is 1.89. The largest absolute Gasteiger partial charge is 0.467 e. The van der Waals surface area contributed by atoms with Crippen molar-refractivity contribution < 1.29 is 13.9 Å². The molecule has 0 aliphatic rings. The third-order valence-corrected chi connectivity index (χ3v) is 2.94. The molecule has 0 amide bonds. The Kier molecular flexibility index (Phi) is 4.23. The first-order valence-corrected chi connectivity index (χ1v) is 6.23. The first-order chi connectivity index (χ1) is 9.24. The Morgan fingerprint density at radius 2 is 2.05 bits per heavy atom. The molecule has 1 heterocycles. The Labute approximate surface area is 112 Å². The van der Waals surface area contributed by atoms with Gasteiger partial charge in [-0.05, 0) is 42.8 Å². The second-order valence-corrected chi connectivity index (χ2v) is 4.19. The molecule has 2 aromatic rings. The van der Waals surface area contributed by atoms with Crippen LogP contribution in [-0.4, -0.2) is 13.1 Å². The minimum Gasteiger partial charge on any atom is -0.467 e. The molecule has 1 unspecified atom stereocenters. The Balaban J connectivity index is 2.08. The summed E-state index contributed by atoms with van der Waals surface area (Å²) in [5, 5.41) is 3.37. The van der Waals surface area contributed by atoms with E-state index < -0.39 is 0 Å². The van der Waals surface area contributed by atoms with Crippen LogP contribution in [0, 0.1) is 0 Å². The zero-order chi connectivity index (χ0) is 13.7. The van der Waals surface area contributed by atoms with Gasteiger partial charge in [-0.15, -0.1) is 0 Å². The van der Waals surface area contributed by atoms with Gasteiger partial charge in [-0.2, -0.15) is 0 Å². The molecule has 0 radical (unpaired) electrons. The third-order valence-electron chi connectivity index (χ3n) is 2.94. The number of nitrogens with one attached hydrogen (secondary N) is 1. The van der Waals surface area contributed by atoms with Gasteiger partial charge in [-0.1, -0.05) is 6.92 Å². The molecular weight excluding hydrogens is 242 g/mol. The molecule has 1 aromatic heterocycles. The van der Waals surface area contributed by atoms with Crippen LogP contribution in [0.4, 0.5) is 5.69 Å². The fraction of sp³-hybridized carbons (Fsp3) is 0.267. The van der Waals surface area contributed by atoms with Gasteiger partial charge in [0.2, 0.25) is 0 Å². The number of rotatable bonds is 5. The summed E-state index contributed by atoms with van der Waals surface area (Å²) >= 11 is 0. The van der Waals surface area contributed by atoms with Crippen LogP contribution in [0.25, 0.3) is 0 Å². The SMILES string of the molecule is CCC(Nc1ccc(C(=O)OC)cc1)c1ccco1. The van der Waals surface area contributed by atoms with Crippen LogP contribution in [0.3, 0.4) is 0 Å². The van der Waals surface area contributed by atoms with Crippen LogP contribution in [0.15, 0.2) is 47.1 Å². The first kappa shape index (κ1) is 13.2. The summed E-state index contributed by atoms with van der Waals surface area (Å²) in [5.74, 6) is 0.573. The minimum atomic E-state index is -0.329. The minimum absolute atomic E-state index is 0.124. The molecule has 1 aromatic carbocycles. The number of methoxy groups -OCH3 is 1. The number of carbonyl (C=O) groups is 1. The van der Waals surface area contributed by atoms with Gasteiger partial charge in [-0.25, -0.2) is 4.79 Å². The van der Waals surface area contributed by atoms with Crippen LogP contribution in [0.1, 0.15) is 35.5 Å². The number of anilines is 1. The zero-order valence-electron chi connectivity index (χ0n) is 11.1. The topological polar surface area (TPSA) is 51.5 Å². The molecule has 0 saturated carbocycles. The van der Waals surface area contributed by atoms with Crippen molar-refractivity contribution >= 4 is 11.7 Å². The second kappa shape index (κ2) is 6.09. The number of esters is 1. The van der Waals surface area contributed by atoms with Gasteiger partial charge in [0.1, 0.15) is 5.76 Å². The Bertz CT molecular complexity index is 517. The van der Waals surface area contributed by atoms with E-state index in [-0.39, 0.29) is 12.0 Å². The van der Waals surface area contributed by atoms with Crippen molar-refractivity contribution in [3.63, 3.8) is 0 Å². The lowest BCUT2D eigenvalue weighted by Crippen LogP contribution is -2.09. The van der Waals surface area contributed by atoms with Crippen molar-refractivity contribution in [3.05, 3.63) is 54.0 Å². The van der Waals surface area contributed by atoms with Gasteiger partial charge in [0.15, 0.2) is 0 Å². The van der Waals surface area contributed by atoms with Gasteiger partial charge in [0.25, 0.3) is 0 Å². The van der Waals surface area contributed by atoms with Gasteiger partial charge in [0, 0.05) is 5.69 Å². The molecule has 0 fully saturated rings. The molecule has 0 aliphatic carbocycles. The molecule has 1 N–H and O–H groups in total. The van der Waals surface area contributed by atoms with E-state index >= 15 is 0 Å². The van der Waals surface area contributed by atoms with Crippen molar-refractivity contribution in [2.75, 3.05) is 12.4 Å². The summed E-state index contributed by atoms with van der Waals surface area (Å²) in [4.78, 5) is 11.3. The van der Waals surface area contributed by atoms with Crippen LogP contribution in [0.2, 0.25) is 0 Å². The number of carbonyl (C=O) groups excluding carboxylic acids is 1. The average molecular weight is 259 g/mol. The zero-order valence-corrected chi connectivity index (χ0v) is 11.1. The van der Waals surface area contributed by atoms with Gasteiger partial charge in [-0.3, -0.25) is 0 Å². The highest BCUT2D eigenvalue weighted by Crippen LogP contribution is 2.23. The molecule has 0 spiro atoms. The number of furan rings is 1. The average Bonchev–Trinajstić information content (AvgIpc) is 2.98. The summed E-state index contributed by atoms with van der Waals surface area (Å²) in [7, 11) is 1.37. The van der Waals surface area contributed by atoms with Crippen molar-refractivity contribution in [2.24, 2.45) is 0 Å². The van der Waals surface area contributed by atoms with Crippen LogP contribution in [0.5, 0.6) is 0 Å². The number of ether oxygens (including phenoxy) is 1. The molecular formula is C15H17NO3. The maximum atomic E-state index is 11.3. The van der Waals surface area contributed by atoms with E-state index in [1.807, 2.05) is 24.3 Å². The molecule has 19 heavy (non-hydrogen) atoms. The quantitative estimate of drug-likeness (QED) is 0.833. The fourth-order valence-corrected chi connectivity index (χ4v) is 1.89. The smallest absolute Gasteiger partial charge is 0.337 e. The highest BCUT2D eigenvalue weighted by Gasteiger charge is 2.12. The van der Waals surface area contributed by atoms with Gasteiger partial charge in [0.05, 0.1) is 25.0 Å². The van der Waals surface area contributed by atoms with Crippen LogP contribution < -0.4 is 5.32 Å². The maximum absolute atomic E-state index is 11.3. The lowest BCUT2D eigenvalue weighted by molar-refractivity contribution is 0.0601. The van der Waals surface area contributed by atoms with E-state index in [0.29, 0.717) is 5.56 Å². The van der Waals surface area contributed by atoms with Crippen LogP contribution in [-0.2, 0) is 4.74 Å². The molecule has 4 nitrogen and oxygen atoms in total. The molecule has 100 valence electrons. The Hall–Kier alpha value is -2.23. The summed E-state index contributed by atoms with van der Waals surface area (Å²) < 4.78 is 10.1. The van der Waals surface area contributed by atoms with E-state index in [2.05, 4.69) is 17.0 Å². The molecule has 0 bridgehead atoms. The number of benzene rings is 1. The van der Waals surface area contributed by atoms with Crippen molar-refractivity contribution in [1.82, 2.24) is 0 Å². The molecule has 1 atom stereocenters. The predicted octanol–water partition coefficient (Wildman–Crippen LogP) is 3.63. The highest BCUT2D eigenvalue weighted by atomic mass is 16.5. The summed E-state index contributed by atoms with van der Waals surface area (Å²) in [5.41, 5.74) is 1.48. The first-order valence-electron chi connectivity index (χ1n) is 6.23. The van der Waals surface area contributed by atoms with Gasteiger partial charge < -0.3 is 14.5 Å². The van der Waals surface area contributed by atoms with Gasteiger partial charge >= 0.3 is 5.97 Å². The summed E-state index contributed by atoms with van der Waals surface area (Å²) in [6.45, 7) is 2.09. The van der Waals surface area contributed by atoms with E-state index in [1.54, 1.807) is 18.4 Å². The van der Waals surface area contributed by atoms with Crippen molar-refractivity contribution in [1.29, 1.82) is 0 Å². The lowest BCUT2D eigenvalue weighted by Gasteiger charge is -2.16. The molecule has 2 rings (SSSR count). The predicted molar refractivity (Wildman–Crippen MR) is 73.1 cm³/mol. The number of hydrogen-bond donors (Lipinski definition) is 1. The standard InChI is InChI=1S/C15H17NO3/c1-3-13(14-5-4-10-19-14)16-12-8-6-11(7-9-12)15(17)18-2/h4-10,13,16H,3H2,1-2H3. The monoisotopic (exact) mass is 259 g/mol. The van der Waals surface area contributed by atoms with E-state index in [9.17, 15) is 4.79 Å². The Morgan fingerprint density at radius 3 is 2.58 bits per heavy atom. The highest BCUT2D eigenvalue weighted by molar-refractivity contribution is 5.89. The maximum Gasteiger partial charge on any atom is 0.337 e. The second-order valence-electron chi connectivity index (χ2n) is 4.19. The number of hydrogen-bond acceptors (Lipinski definition) is 4. The summed E-state index contributed by atoms with van der Waals surface area (Å²) in [6.07, 6.45) is 2.58. The Morgan fingerprint density at radius 1 is 1.32 bits per heavy atom. The lowest BCUT2D eigenvalue weighted by atomic mass is 10.1. The van der Waals surface area contributed by atoms with Crippen LogP contribution >= 0.6 is 0 Å². The van der Waals surface area contributed by atoms with E-state index in [1.165, 1.54) is 7.11 Å². The molecule has 0 saturated heterocycles. The molecule has 0 aliphatic heterocycles.